The van der Waals surface area contributed by atoms with Gasteiger partial charge in [-0.3, -0.25) is 9.79 Å². The molecular formula is C22H29FN4O3. The van der Waals surface area contributed by atoms with E-state index in [9.17, 15) is 9.18 Å². The largest absolute Gasteiger partial charge is 0.494 e. The molecule has 0 radical (unpaired) electrons. The summed E-state index contributed by atoms with van der Waals surface area (Å²) in [6.07, 6.45) is 3.28. The number of nitrogens with zero attached hydrogens (tertiary/aromatic N) is 3. The molecule has 162 valence electrons. The molecule has 0 aliphatic carbocycles. The number of guanidine groups is 1. The third kappa shape index (κ3) is 6.23. The van der Waals surface area contributed by atoms with Crippen molar-refractivity contribution in [3.63, 3.8) is 0 Å². The maximum Gasteiger partial charge on any atom is 0.289 e. The first-order valence-electron chi connectivity index (χ1n) is 10.4. The normalized spacial score (nSPS) is 14.7. The molecule has 0 bridgehead atoms. The lowest BCUT2D eigenvalue weighted by Gasteiger charge is -2.36. The number of hydrogen-bond acceptors (Lipinski definition) is 4. The summed E-state index contributed by atoms with van der Waals surface area (Å²) >= 11 is 0. The number of unbranched alkanes of at least 4 members (excludes halogenated alkanes) is 1. The second-order valence-electron chi connectivity index (χ2n) is 7.00. The quantitative estimate of drug-likeness (QED) is 0.407. The number of nitrogens with one attached hydrogen (secondary N) is 1. The maximum atomic E-state index is 12.9. The first kappa shape index (κ1) is 21.7. The minimum absolute atomic E-state index is 0.0669. The molecule has 2 aromatic rings. The number of benzene rings is 1. The first-order valence-corrected chi connectivity index (χ1v) is 10.4. The predicted molar refractivity (Wildman–Crippen MR) is 113 cm³/mol. The van der Waals surface area contributed by atoms with Gasteiger partial charge >= 0.3 is 0 Å². The SMILES string of the molecule is CCNC(=NCCCCOc1ccc(F)cc1)N1CCN(C(=O)c2ccco2)CC1. The number of aliphatic imine (C=N–C) groups is 1. The van der Waals surface area contributed by atoms with Crippen molar-refractivity contribution in [2.75, 3.05) is 45.9 Å². The average Bonchev–Trinajstić information content (AvgIpc) is 3.31. The van der Waals surface area contributed by atoms with Gasteiger partial charge in [0.15, 0.2) is 11.7 Å². The second kappa shape index (κ2) is 11.2. The molecule has 1 fully saturated rings. The van der Waals surface area contributed by atoms with Crippen molar-refractivity contribution in [3.8, 4) is 5.75 Å². The highest BCUT2D eigenvalue weighted by Gasteiger charge is 2.25. The van der Waals surface area contributed by atoms with Gasteiger partial charge in [0, 0.05) is 39.3 Å². The number of ether oxygens (including phenoxy) is 1. The monoisotopic (exact) mass is 416 g/mol. The van der Waals surface area contributed by atoms with E-state index >= 15 is 0 Å². The lowest BCUT2D eigenvalue weighted by atomic mass is 10.3. The van der Waals surface area contributed by atoms with Crippen LogP contribution in [0.4, 0.5) is 4.39 Å². The topological polar surface area (TPSA) is 70.3 Å². The van der Waals surface area contributed by atoms with Crippen LogP contribution >= 0.6 is 0 Å². The van der Waals surface area contributed by atoms with Gasteiger partial charge in [-0.05, 0) is 56.2 Å². The molecule has 30 heavy (non-hydrogen) atoms. The Balaban J connectivity index is 1.39. The van der Waals surface area contributed by atoms with E-state index in [4.69, 9.17) is 14.1 Å². The summed E-state index contributed by atoms with van der Waals surface area (Å²) in [5, 5.41) is 3.33. The number of piperazine rings is 1. The summed E-state index contributed by atoms with van der Waals surface area (Å²) in [4.78, 5) is 21.1. The molecule has 1 amide bonds. The number of carbonyl (C=O) groups is 1. The molecule has 0 unspecified atom stereocenters. The molecule has 3 rings (SSSR count). The van der Waals surface area contributed by atoms with Crippen molar-refractivity contribution in [3.05, 3.63) is 54.2 Å². The third-order valence-corrected chi connectivity index (χ3v) is 4.83. The van der Waals surface area contributed by atoms with E-state index in [0.29, 0.717) is 37.8 Å². The molecule has 1 aliphatic rings. The van der Waals surface area contributed by atoms with Crippen LogP contribution in [-0.2, 0) is 0 Å². The molecular weight excluding hydrogens is 387 g/mol. The Morgan fingerprint density at radius 1 is 1.13 bits per heavy atom. The Hall–Kier alpha value is -3.03. The highest BCUT2D eigenvalue weighted by molar-refractivity contribution is 5.91. The van der Waals surface area contributed by atoms with Crippen LogP contribution in [0.3, 0.4) is 0 Å². The fourth-order valence-corrected chi connectivity index (χ4v) is 3.22. The van der Waals surface area contributed by atoms with Gasteiger partial charge in [-0.2, -0.15) is 0 Å². The van der Waals surface area contributed by atoms with Gasteiger partial charge in [0.05, 0.1) is 12.9 Å². The molecule has 1 aliphatic heterocycles. The standard InChI is InChI=1S/C22H29FN4O3/c1-2-24-22(25-11-3-4-16-29-19-9-7-18(23)8-10-19)27-14-12-26(13-15-27)21(28)20-6-5-17-30-20/h5-10,17H,2-4,11-16H2,1H3,(H,24,25). The molecule has 1 N–H and O–H groups in total. The predicted octanol–water partition coefficient (Wildman–Crippen LogP) is 3.00. The Morgan fingerprint density at radius 3 is 2.53 bits per heavy atom. The van der Waals surface area contributed by atoms with Crippen molar-refractivity contribution in [2.45, 2.75) is 19.8 Å². The summed E-state index contributed by atoms with van der Waals surface area (Å²) < 4.78 is 23.7. The number of rotatable bonds is 8. The van der Waals surface area contributed by atoms with Crippen molar-refractivity contribution in [2.24, 2.45) is 4.99 Å². The molecule has 1 aromatic heterocycles. The molecule has 0 spiro atoms. The van der Waals surface area contributed by atoms with Gasteiger partial charge in [-0.15, -0.1) is 0 Å². The van der Waals surface area contributed by atoms with Crippen molar-refractivity contribution in [1.29, 1.82) is 0 Å². The first-order chi connectivity index (χ1) is 14.7. The highest BCUT2D eigenvalue weighted by Crippen LogP contribution is 2.12. The van der Waals surface area contributed by atoms with E-state index in [1.807, 2.05) is 11.8 Å². The molecule has 2 heterocycles. The fraction of sp³-hybridized carbons (Fsp3) is 0.455. The lowest BCUT2D eigenvalue weighted by Crippen LogP contribution is -2.53. The van der Waals surface area contributed by atoms with Crippen LogP contribution in [0.1, 0.15) is 30.3 Å². The zero-order valence-electron chi connectivity index (χ0n) is 17.3. The van der Waals surface area contributed by atoms with Crippen LogP contribution in [0.5, 0.6) is 5.75 Å². The highest BCUT2D eigenvalue weighted by atomic mass is 19.1. The second-order valence-corrected chi connectivity index (χ2v) is 7.00. The van der Waals surface area contributed by atoms with Gasteiger partial charge in [0.25, 0.3) is 5.91 Å². The minimum atomic E-state index is -0.265. The summed E-state index contributed by atoms with van der Waals surface area (Å²) in [7, 11) is 0. The minimum Gasteiger partial charge on any atom is -0.494 e. The van der Waals surface area contributed by atoms with Crippen LogP contribution < -0.4 is 10.1 Å². The Morgan fingerprint density at radius 2 is 1.87 bits per heavy atom. The summed E-state index contributed by atoms with van der Waals surface area (Å²) in [5.74, 6) is 1.60. The van der Waals surface area contributed by atoms with Crippen molar-refractivity contribution in [1.82, 2.24) is 15.1 Å². The number of hydrogen-bond donors (Lipinski definition) is 1. The van der Waals surface area contributed by atoms with Crippen LogP contribution in [-0.4, -0.2) is 67.5 Å². The van der Waals surface area contributed by atoms with Gasteiger partial charge < -0.3 is 24.3 Å². The summed E-state index contributed by atoms with van der Waals surface area (Å²) in [6.45, 7) is 6.83. The van der Waals surface area contributed by atoms with E-state index in [0.717, 1.165) is 38.4 Å². The van der Waals surface area contributed by atoms with Crippen LogP contribution in [0.2, 0.25) is 0 Å². The average molecular weight is 416 g/mol. The number of furan rings is 1. The number of halogens is 1. The Bertz CT molecular complexity index is 800. The van der Waals surface area contributed by atoms with Gasteiger partial charge in [0.2, 0.25) is 0 Å². The fourth-order valence-electron chi connectivity index (χ4n) is 3.22. The summed E-state index contributed by atoms with van der Waals surface area (Å²) in [6, 6.07) is 9.47. The molecule has 1 saturated heterocycles. The third-order valence-electron chi connectivity index (χ3n) is 4.83. The van der Waals surface area contributed by atoms with Crippen molar-refractivity contribution >= 4 is 11.9 Å². The van der Waals surface area contributed by atoms with E-state index in [1.54, 1.807) is 24.3 Å². The van der Waals surface area contributed by atoms with Gasteiger partial charge in [0.1, 0.15) is 11.6 Å². The number of amides is 1. The molecule has 0 saturated carbocycles. The number of carbonyl (C=O) groups excluding carboxylic acids is 1. The zero-order chi connectivity index (χ0) is 21.2. The Kier molecular flexibility index (Phi) is 8.11. The smallest absolute Gasteiger partial charge is 0.289 e. The van der Waals surface area contributed by atoms with E-state index < -0.39 is 0 Å². The maximum absolute atomic E-state index is 12.9. The molecule has 1 aromatic carbocycles. The molecule has 8 heteroatoms. The van der Waals surface area contributed by atoms with E-state index in [2.05, 4.69) is 10.2 Å². The lowest BCUT2D eigenvalue weighted by molar-refractivity contribution is 0.0657. The van der Waals surface area contributed by atoms with Crippen molar-refractivity contribution < 1.29 is 18.3 Å². The molecule has 0 atom stereocenters. The van der Waals surface area contributed by atoms with Crippen LogP contribution in [0.15, 0.2) is 52.1 Å². The summed E-state index contributed by atoms with van der Waals surface area (Å²) in [5.41, 5.74) is 0. The van der Waals surface area contributed by atoms with Crippen LogP contribution in [0.25, 0.3) is 0 Å². The zero-order valence-corrected chi connectivity index (χ0v) is 17.3. The van der Waals surface area contributed by atoms with Gasteiger partial charge in [-0.1, -0.05) is 0 Å². The van der Waals surface area contributed by atoms with Gasteiger partial charge in [-0.25, -0.2) is 4.39 Å². The van der Waals surface area contributed by atoms with E-state index in [1.165, 1.54) is 18.4 Å². The van der Waals surface area contributed by atoms with Crippen LogP contribution in [0, 0.1) is 5.82 Å². The van der Waals surface area contributed by atoms with E-state index in [-0.39, 0.29) is 11.7 Å². The Labute approximate surface area is 176 Å². The molecule has 7 nitrogen and oxygen atoms in total.